The molecule has 1 aliphatic rings. The number of nitro groups is 1. The Morgan fingerprint density at radius 3 is 2.74 bits per heavy atom. The fourth-order valence-electron chi connectivity index (χ4n) is 1.94. The van der Waals surface area contributed by atoms with Crippen molar-refractivity contribution < 1.29 is 23.2 Å². The maximum absolute atomic E-state index is 12.2. The number of carboxylic acid groups (broad SMARTS) is 1. The van der Waals surface area contributed by atoms with Crippen molar-refractivity contribution in [2.75, 3.05) is 6.54 Å². The van der Waals surface area contributed by atoms with Crippen LogP contribution in [0, 0.1) is 10.1 Å². The highest BCUT2D eigenvalue weighted by Crippen LogP contribution is 2.33. The third kappa shape index (κ3) is 2.46. The van der Waals surface area contributed by atoms with Crippen LogP contribution < -0.4 is 0 Å². The molecule has 10 heteroatoms. The highest BCUT2D eigenvalue weighted by molar-refractivity contribution is 7.91. The zero-order valence-corrected chi connectivity index (χ0v) is 11.2. The van der Waals surface area contributed by atoms with E-state index in [1.807, 2.05) is 0 Å². The van der Waals surface area contributed by atoms with Gasteiger partial charge in [-0.25, -0.2) is 8.42 Å². The smallest absolute Gasteiger partial charge is 0.325 e. The summed E-state index contributed by atoms with van der Waals surface area (Å²) in [4.78, 5) is 20.9. The molecule has 2 heterocycles. The Morgan fingerprint density at radius 1 is 1.53 bits per heavy atom. The third-order valence-electron chi connectivity index (χ3n) is 2.80. The van der Waals surface area contributed by atoms with E-state index in [2.05, 4.69) is 0 Å². The molecule has 104 valence electrons. The zero-order chi connectivity index (χ0) is 14.2. The summed E-state index contributed by atoms with van der Waals surface area (Å²) in [5, 5.41) is 19.2. The van der Waals surface area contributed by atoms with Crippen LogP contribution in [0.15, 0.2) is 16.3 Å². The summed E-state index contributed by atoms with van der Waals surface area (Å²) in [7, 11) is -3.98. The van der Waals surface area contributed by atoms with Gasteiger partial charge >= 0.3 is 11.0 Å². The van der Waals surface area contributed by atoms with E-state index in [9.17, 15) is 23.3 Å². The van der Waals surface area contributed by atoms with E-state index in [0.29, 0.717) is 17.8 Å². The second-order valence-corrected chi connectivity index (χ2v) is 7.14. The maximum Gasteiger partial charge on any atom is 0.325 e. The summed E-state index contributed by atoms with van der Waals surface area (Å²) >= 11 is 0.527. The highest BCUT2D eigenvalue weighted by atomic mass is 32.2. The molecule has 0 aliphatic carbocycles. The van der Waals surface area contributed by atoms with Gasteiger partial charge in [0.05, 0.1) is 4.92 Å². The predicted octanol–water partition coefficient (Wildman–Crippen LogP) is 0.894. The Balaban J connectivity index is 2.36. The predicted molar refractivity (Wildman–Crippen MR) is 65.5 cm³/mol. The van der Waals surface area contributed by atoms with Gasteiger partial charge < -0.3 is 5.11 Å². The van der Waals surface area contributed by atoms with Gasteiger partial charge in [-0.1, -0.05) is 0 Å². The van der Waals surface area contributed by atoms with Crippen LogP contribution in [0.5, 0.6) is 0 Å². The van der Waals surface area contributed by atoms with Crippen molar-refractivity contribution in [2.24, 2.45) is 0 Å². The van der Waals surface area contributed by atoms with Crippen molar-refractivity contribution in [1.82, 2.24) is 4.31 Å². The average molecular weight is 306 g/mol. The van der Waals surface area contributed by atoms with Crippen LogP contribution in [0.3, 0.4) is 0 Å². The first-order valence-electron chi connectivity index (χ1n) is 5.33. The molecule has 1 N–H and O–H groups in total. The molecule has 0 bridgehead atoms. The minimum absolute atomic E-state index is 0.116. The van der Waals surface area contributed by atoms with Crippen LogP contribution in [0.4, 0.5) is 5.00 Å². The largest absolute Gasteiger partial charge is 0.480 e. The van der Waals surface area contributed by atoms with E-state index >= 15 is 0 Å². The van der Waals surface area contributed by atoms with Crippen molar-refractivity contribution >= 4 is 32.3 Å². The van der Waals surface area contributed by atoms with Gasteiger partial charge in [0.2, 0.25) is 0 Å². The van der Waals surface area contributed by atoms with Gasteiger partial charge in [0, 0.05) is 12.6 Å². The van der Waals surface area contributed by atoms with Gasteiger partial charge in [-0.2, -0.15) is 4.31 Å². The lowest BCUT2D eigenvalue weighted by Gasteiger charge is -2.19. The molecule has 0 saturated carbocycles. The minimum Gasteiger partial charge on any atom is -0.480 e. The van der Waals surface area contributed by atoms with Crippen molar-refractivity contribution in [3.63, 3.8) is 0 Å². The Labute approximate surface area is 112 Å². The second kappa shape index (κ2) is 4.87. The third-order valence-corrected chi connectivity index (χ3v) is 6.21. The molecule has 1 aromatic heterocycles. The van der Waals surface area contributed by atoms with E-state index in [0.717, 1.165) is 16.4 Å². The summed E-state index contributed by atoms with van der Waals surface area (Å²) in [5.74, 6) is -1.20. The summed E-state index contributed by atoms with van der Waals surface area (Å²) < 4.78 is 25.2. The number of carbonyl (C=O) groups is 1. The molecule has 1 aliphatic heterocycles. The first-order chi connectivity index (χ1) is 8.84. The molecular formula is C9H10N2O6S2. The number of aliphatic carboxylic acids is 1. The van der Waals surface area contributed by atoms with Crippen molar-refractivity contribution in [3.05, 3.63) is 22.2 Å². The lowest BCUT2D eigenvalue weighted by molar-refractivity contribution is -0.380. The number of hydrogen-bond donors (Lipinski definition) is 1. The van der Waals surface area contributed by atoms with Gasteiger partial charge in [-0.3, -0.25) is 14.9 Å². The number of carboxylic acids is 1. The highest BCUT2D eigenvalue weighted by Gasteiger charge is 2.40. The Bertz CT molecular complexity index is 622. The van der Waals surface area contributed by atoms with E-state index in [-0.39, 0.29) is 22.2 Å². The van der Waals surface area contributed by atoms with Gasteiger partial charge in [0.15, 0.2) is 0 Å². The van der Waals surface area contributed by atoms with E-state index in [1.165, 1.54) is 0 Å². The van der Waals surface area contributed by atoms with Crippen LogP contribution >= 0.6 is 11.3 Å². The molecule has 0 radical (unpaired) electrons. The van der Waals surface area contributed by atoms with Crippen LogP contribution in [0.25, 0.3) is 0 Å². The first kappa shape index (κ1) is 13.9. The summed E-state index contributed by atoms with van der Waals surface area (Å²) in [6.07, 6.45) is 0.714. The minimum atomic E-state index is -3.98. The number of nitrogens with zero attached hydrogens (tertiary/aromatic N) is 2. The molecule has 0 spiro atoms. The molecule has 0 amide bonds. The lowest BCUT2D eigenvalue weighted by atomic mass is 10.2. The number of hydrogen-bond acceptors (Lipinski definition) is 6. The fourth-order valence-corrected chi connectivity index (χ4v) is 4.83. The normalized spacial score (nSPS) is 20.5. The molecular weight excluding hydrogens is 296 g/mol. The van der Waals surface area contributed by atoms with Crippen molar-refractivity contribution in [2.45, 2.75) is 23.1 Å². The number of thiophene rings is 1. The topological polar surface area (TPSA) is 118 Å². The standard InChI is InChI=1S/C9H10N2O6S2/c12-9(13)6-2-1-5-10(6)19(16,17)8-4-3-7(18-8)11(14)15/h3-4,6H,1-2,5H2,(H,12,13)/t6-/m0/s1. The SMILES string of the molecule is O=C(O)[C@@H]1CCCN1S(=O)(=O)c1ccc([N+](=O)[O-])s1. The zero-order valence-electron chi connectivity index (χ0n) is 9.55. The van der Waals surface area contributed by atoms with Crippen molar-refractivity contribution in [1.29, 1.82) is 0 Å². The van der Waals surface area contributed by atoms with E-state index in [1.54, 1.807) is 0 Å². The Kier molecular flexibility index (Phi) is 3.56. The van der Waals surface area contributed by atoms with Gasteiger partial charge in [-0.15, -0.1) is 0 Å². The monoisotopic (exact) mass is 306 g/mol. The summed E-state index contributed by atoms with van der Waals surface area (Å²) in [6, 6.07) is 1.14. The van der Waals surface area contributed by atoms with Gasteiger partial charge in [-0.05, 0) is 30.2 Å². The Morgan fingerprint density at radius 2 is 2.21 bits per heavy atom. The lowest BCUT2D eigenvalue weighted by Crippen LogP contribution is -2.40. The number of rotatable bonds is 4. The van der Waals surface area contributed by atoms with Crippen molar-refractivity contribution in [3.8, 4) is 0 Å². The van der Waals surface area contributed by atoms with Crippen LogP contribution in [-0.4, -0.2) is 41.3 Å². The summed E-state index contributed by atoms with van der Waals surface area (Å²) in [5.41, 5.74) is 0. The number of sulfonamides is 1. The van der Waals surface area contributed by atoms with E-state index < -0.39 is 27.0 Å². The molecule has 8 nitrogen and oxygen atoms in total. The molecule has 1 atom stereocenters. The quantitative estimate of drug-likeness (QED) is 0.652. The molecule has 19 heavy (non-hydrogen) atoms. The van der Waals surface area contributed by atoms with Crippen LogP contribution in [0.2, 0.25) is 0 Å². The molecule has 0 aromatic carbocycles. The second-order valence-electron chi connectivity index (χ2n) is 3.96. The van der Waals surface area contributed by atoms with Gasteiger partial charge in [0.25, 0.3) is 10.0 Å². The molecule has 1 saturated heterocycles. The maximum atomic E-state index is 12.2. The molecule has 2 rings (SSSR count). The van der Waals surface area contributed by atoms with Gasteiger partial charge in [0.1, 0.15) is 10.3 Å². The van der Waals surface area contributed by atoms with E-state index in [4.69, 9.17) is 5.11 Å². The molecule has 0 unspecified atom stereocenters. The first-order valence-corrected chi connectivity index (χ1v) is 7.58. The summed E-state index contributed by atoms with van der Waals surface area (Å²) in [6.45, 7) is 0.116. The molecule has 1 fully saturated rings. The van der Waals surface area contributed by atoms with Crippen LogP contribution in [0.1, 0.15) is 12.8 Å². The fraction of sp³-hybridized carbons (Fsp3) is 0.444. The average Bonchev–Trinajstić information content (AvgIpc) is 2.98. The Hall–Kier alpha value is -1.52. The molecule has 1 aromatic rings. The van der Waals surface area contributed by atoms with Crippen LogP contribution in [-0.2, 0) is 14.8 Å².